The molecule has 0 bridgehead atoms. The van der Waals surface area contributed by atoms with Gasteiger partial charge in [0.25, 0.3) is 0 Å². The minimum absolute atomic E-state index is 0.309. The quantitative estimate of drug-likeness (QED) is 0.439. The van der Waals surface area contributed by atoms with Gasteiger partial charge in [-0.25, -0.2) is 4.79 Å². The second kappa shape index (κ2) is 10.2. The van der Waals surface area contributed by atoms with Gasteiger partial charge in [0.05, 0.1) is 6.61 Å². The molecule has 1 aliphatic heterocycles. The highest BCUT2D eigenvalue weighted by Gasteiger charge is 2.50. The molecule has 0 saturated carbocycles. The van der Waals surface area contributed by atoms with Gasteiger partial charge < -0.3 is 23.0 Å². The summed E-state index contributed by atoms with van der Waals surface area (Å²) in [4.78, 5) is 20.8. The molecule has 1 aromatic heterocycles. The van der Waals surface area contributed by atoms with Gasteiger partial charge in [-0.1, -0.05) is 19.6 Å². The number of hydrogen-bond donors (Lipinski definition) is 1. The maximum absolute atomic E-state index is 13.1. The lowest BCUT2D eigenvalue weighted by molar-refractivity contribution is -0.0496. The Kier molecular flexibility index (Phi) is 8.82. The summed E-state index contributed by atoms with van der Waals surface area (Å²) in [6, 6.07) is 1.84. The highest BCUT2D eigenvalue weighted by Crippen LogP contribution is 2.37. The van der Waals surface area contributed by atoms with E-state index in [0.29, 0.717) is 12.4 Å². The molecule has 0 aromatic carbocycles. The molecule has 1 aromatic rings. The first-order valence-corrected chi connectivity index (χ1v) is 25.5. The predicted molar refractivity (Wildman–Crippen MR) is 145 cm³/mol. The fourth-order valence-electron chi connectivity index (χ4n) is 3.54. The van der Waals surface area contributed by atoms with E-state index in [0.717, 1.165) is 0 Å². The van der Waals surface area contributed by atoms with Gasteiger partial charge in [0.1, 0.15) is 32.4 Å². The Balaban J connectivity index is 2.46. The predicted octanol–water partition coefficient (Wildman–Crippen LogP) is 4.68. The Morgan fingerprint density at radius 3 is 1.91 bits per heavy atom. The van der Waals surface area contributed by atoms with E-state index in [2.05, 4.69) is 88.5 Å². The first-order valence-electron chi connectivity index (χ1n) is 11.8. The average molecular weight is 532 g/mol. The summed E-state index contributed by atoms with van der Waals surface area (Å²) < 4.78 is 27.5. The van der Waals surface area contributed by atoms with Gasteiger partial charge in [-0.3, -0.25) is 4.57 Å². The van der Waals surface area contributed by atoms with Crippen LogP contribution < -0.4 is 10.7 Å². The standard InChI is InChI=1S/C21H45N3O5Si4/c1-30(2,3)23-17-13-14-24(21(25)22-17)20-19(29-33(10,11)12)18(28-32(7,8)9)16(27-20)15-26-31(4,5)6/h13-14,16,18-20H,15H2,1-12H3,(H,22,23,25)/t16-,18-,19-,20-/m1/s1. The first-order chi connectivity index (χ1) is 14.7. The molecule has 190 valence electrons. The Morgan fingerprint density at radius 1 is 0.909 bits per heavy atom. The van der Waals surface area contributed by atoms with Crippen molar-refractivity contribution in [3.8, 4) is 0 Å². The smallest absolute Gasteiger partial charge is 0.351 e. The van der Waals surface area contributed by atoms with Crippen molar-refractivity contribution in [1.29, 1.82) is 0 Å². The van der Waals surface area contributed by atoms with Crippen LogP contribution >= 0.6 is 0 Å². The third-order valence-electron chi connectivity index (χ3n) is 4.55. The molecular weight excluding hydrogens is 487 g/mol. The fourth-order valence-corrected chi connectivity index (χ4v) is 7.28. The summed E-state index contributed by atoms with van der Waals surface area (Å²) in [6.45, 7) is 26.3. The molecule has 1 N–H and O–H groups in total. The molecule has 0 unspecified atom stereocenters. The maximum Gasteiger partial charge on any atom is 0.351 e. The Hall–Kier alpha value is -0.612. The summed E-state index contributed by atoms with van der Waals surface area (Å²) in [5, 5.41) is 0. The number of nitrogens with zero attached hydrogens (tertiary/aromatic N) is 2. The summed E-state index contributed by atoms with van der Waals surface area (Å²) in [7, 11) is -7.31. The molecule has 0 amide bonds. The number of anilines is 1. The van der Waals surface area contributed by atoms with Crippen LogP contribution in [0.5, 0.6) is 0 Å². The van der Waals surface area contributed by atoms with Gasteiger partial charge in [0.2, 0.25) is 0 Å². The molecule has 1 saturated heterocycles. The van der Waals surface area contributed by atoms with E-state index in [1.165, 1.54) is 0 Å². The van der Waals surface area contributed by atoms with Crippen molar-refractivity contribution in [2.24, 2.45) is 0 Å². The van der Waals surface area contributed by atoms with Gasteiger partial charge in [-0.15, -0.1) is 0 Å². The van der Waals surface area contributed by atoms with Crippen LogP contribution in [0.25, 0.3) is 0 Å². The van der Waals surface area contributed by atoms with Crippen molar-refractivity contribution < 1.29 is 18.0 Å². The van der Waals surface area contributed by atoms with Crippen molar-refractivity contribution in [1.82, 2.24) is 9.55 Å². The highest BCUT2D eigenvalue weighted by atomic mass is 28.4. The topological polar surface area (TPSA) is 83.8 Å². The van der Waals surface area contributed by atoms with E-state index in [9.17, 15) is 4.79 Å². The van der Waals surface area contributed by atoms with E-state index in [1.54, 1.807) is 10.8 Å². The molecule has 1 fully saturated rings. The molecule has 0 radical (unpaired) electrons. The van der Waals surface area contributed by atoms with Crippen LogP contribution in [0.3, 0.4) is 0 Å². The van der Waals surface area contributed by atoms with E-state index < -0.39 is 45.5 Å². The molecule has 2 heterocycles. The lowest BCUT2D eigenvalue weighted by Gasteiger charge is -2.34. The Morgan fingerprint density at radius 2 is 1.45 bits per heavy atom. The first kappa shape index (κ1) is 28.6. The fraction of sp³-hybridized carbons (Fsp3) is 0.810. The van der Waals surface area contributed by atoms with Gasteiger partial charge >= 0.3 is 5.69 Å². The molecule has 33 heavy (non-hydrogen) atoms. The highest BCUT2D eigenvalue weighted by molar-refractivity contribution is 6.79. The Labute approximate surface area is 203 Å². The van der Waals surface area contributed by atoms with Crippen molar-refractivity contribution in [3.63, 3.8) is 0 Å². The van der Waals surface area contributed by atoms with Gasteiger partial charge in [-0.05, 0) is 65.0 Å². The van der Waals surface area contributed by atoms with Crippen LogP contribution in [-0.2, 0) is 18.0 Å². The number of aromatic nitrogens is 2. The van der Waals surface area contributed by atoms with E-state index >= 15 is 0 Å². The third kappa shape index (κ3) is 9.51. The summed E-state index contributed by atoms with van der Waals surface area (Å²) >= 11 is 0. The second-order valence-electron chi connectivity index (χ2n) is 12.8. The minimum atomic E-state index is -1.98. The number of hydrogen-bond acceptors (Lipinski definition) is 7. The van der Waals surface area contributed by atoms with Crippen LogP contribution in [0, 0.1) is 0 Å². The van der Waals surface area contributed by atoms with Crippen LogP contribution in [0.2, 0.25) is 78.6 Å². The van der Waals surface area contributed by atoms with Gasteiger partial charge in [0, 0.05) is 6.20 Å². The molecule has 4 atom stereocenters. The zero-order chi connectivity index (χ0) is 25.4. The molecule has 0 spiro atoms. The van der Waals surface area contributed by atoms with Gasteiger partial charge in [0.15, 0.2) is 31.2 Å². The third-order valence-corrected chi connectivity index (χ3v) is 8.55. The normalized spacial score (nSPS) is 24.8. The molecule has 0 aliphatic carbocycles. The summed E-state index contributed by atoms with van der Waals surface area (Å²) in [6.07, 6.45) is 0.109. The van der Waals surface area contributed by atoms with Gasteiger partial charge in [-0.2, -0.15) is 4.98 Å². The lowest BCUT2D eigenvalue weighted by atomic mass is 10.1. The van der Waals surface area contributed by atoms with Crippen molar-refractivity contribution in [3.05, 3.63) is 22.7 Å². The zero-order valence-corrected chi connectivity index (χ0v) is 26.6. The number of ether oxygens (including phenoxy) is 1. The minimum Gasteiger partial charge on any atom is -0.415 e. The van der Waals surface area contributed by atoms with Crippen LogP contribution in [0.1, 0.15) is 6.23 Å². The number of rotatable bonds is 10. The van der Waals surface area contributed by atoms with Crippen molar-refractivity contribution in [2.75, 3.05) is 11.6 Å². The molecule has 1 aliphatic rings. The van der Waals surface area contributed by atoms with Crippen molar-refractivity contribution >= 4 is 39.0 Å². The van der Waals surface area contributed by atoms with Crippen LogP contribution in [-0.4, -0.2) is 67.7 Å². The van der Waals surface area contributed by atoms with Crippen LogP contribution in [0.4, 0.5) is 5.82 Å². The van der Waals surface area contributed by atoms with E-state index in [-0.39, 0.29) is 17.9 Å². The molecule has 2 rings (SSSR count). The SMILES string of the molecule is C[Si](C)(C)Nc1ccn([C@@H]2O[C@H](CO[Si](C)(C)C)[C@@H](O[Si](C)(C)C)[C@H]2O[Si](C)(C)C)c(=O)n1. The summed E-state index contributed by atoms with van der Waals surface area (Å²) in [5.74, 6) is 0.601. The molecule has 8 nitrogen and oxygen atoms in total. The second-order valence-corrected chi connectivity index (χ2v) is 30.9. The Bertz CT molecular complexity index is 856. The molecular formula is C21H45N3O5Si4. The average Bonchev–Trinajstić information content (AvgIpc) is 2.85. The summed E-state index contributed by atoms with van der Waals surface area (Å²) in [5.41, 5.74) is -0.356. The van der Waals surface area contributed by atoms with E-state index in [4.69, 9.17) is 18.0 Å². The largest absolute Gasteiger partial charge is 0.415 e. The molecule has 12 heteroatoms. The van der Waals surface area contributed by atoms with Crippen molar-refractivity contribution in [2.45, 2.75) is 103 Å². The monoisotopic (exact) mass is 531 g/mol. The number of nitrogens with one attached hydrogen (secondary N) is 1. The lowest BCUT2D eigenvalue weighted by Crippen LogP contribution is -2.49. The van der Waals surface area contributed by atoms with E-state index in [1.807, 2.05) is 6.07 Å². The van der Waals surface area contributed by atoms with Crippen LogP contribution in [0.15, 0.2) is 17.1 Å². The zero-order valence-electron chi connectivity index (χ0n) is 22.6. The maximum atomic E-state index is 13.1.